The van der Waals surface area contributed by atoms with Crippen molar-refractivity contribution in [2.75, 3.05) is 14.2 Å². The van der Waals surface area contributed by atoms with Gasteiger partial charge < -0.3 is 10.1 Å². The topological polar surface area (TPSA) is 21.3 Å². The van der Waals surface area contributed by atoms with E-state index in [1.54, 1.807) is 7.11 Å². The average Bonchev–Trinajstić information content (AvgIpc) is 2.41. The SMILES string of the molecule is CNC(c1cccc(Cl)c1)c1ccc(Cl)c(OC)c1. The predicted molar refractivity (Wildman–Crippen MR) is 80.4 cm³/mol. The Balaban J connectivity index is 2.42. The quantitative estimate of drug-likeness (QED) is 0.907. The van der Waals surface area contributed by atoms with E-state index in [9.17, 15) is 0 Å². The second-order valence-corrected chi connectivity index (χ2v) is 5.01. The number of hydrogen-bond acceptors (Lipinski definition) is 2. The molecule has 0 bridgehead atoms. The van der Waals surface area contributed by atoms with Crippen molar-refractivity contribution in [3.05, 3.63) is 63.6 Å². The summed E-state index contributed by atoms with van der Waals surface area (Å²) in [4.78, 5) is 0. The smallest absolute Gasteiger partial charge is 0.137 e. The molecule has 0 saturated heterocycles. The first-order valence-electron chi connectivity index (χ1n) is 5.92. The summed E-state index contributed by atoms with van der Waals surface area (Å²) in [6.07, 6.45) is 0. The third-order valence-corrected chi connectivity index (χ3v) is 3.53. The third kappa shape index (κ3) is 3.21. The molecule has 0 aliphatic rings. The number of nitrogens with one attached hydrogen (secondary N) is 1. The highest BCUT2D eigenvalue weighted by atomic mass is 35.5. The van der Waals surface area contributed by atoms with E-state index in [4.69, 9.17) is 27.9 Å². The summed E-state index contributed by atoms with van der Waals surface area (Å²) in [5.41, 5.74) is 2.17. The van der Waals surface area contributed by atoms with E-state index >= 15 is 0 Å². The Labute approximate surface area is 123 Å². The third-order valence-electron chi connectivity index (χ3n) is 2.98. The van der Waals surface area contributed by atoms with Gasteiger partial charge in [0.25, 0.3) is 0 Å². The van der Waals surface area contributed by atoms with Crippen molar-refractivity contribution < 1.29 is 4.74 Å². The second kappa shape index (κ2) is 6.29. The van der Waals surface area contributed by atoms with Crippen LogP contribution in [0.4, 0.5) is 0 Å². The molecule has 100 valence electrons. The van der Waals surface area contributed by atoms with E-state index in [-0.39, 0.29) is 6.04 Å². The standard InChI is InChI=1S/C15H15Cl2NO/c1-18-15(10-4-3-5-12(16)8-10)11-6-7-13(17)14(9-11)19-2/h3-9,15,18H,1-2H3. The van der Waals surface area contributed by atoms with Crippen molar-refractivity contribution in [2.24, 2.45) is 0 Å². The van der Waals surface area contributed by atoms with E-state index in [1.165, 1.54) is 0 Å². The van der Waals surface area contributed by atoms with Crippen LogP contribution in [-0.2, 0) is 0 Å². The van der Waals surface area contributed by atoms with Crippen molar-refractivity contribution in [1.82, 2.24) is 5.32 Å². The number of ether oxygens (including phenoxy) is 1. The molecule has 0 amide bonds. The molecule has 2 nitrogen and oxygen atoms in total. The zero-order valence-electron chi connectivity index (χ0n) is 10.8. The van der Waals surface area contributed by atoms with Gasteiger partial charge in [-0.05, 0) is 42.4 Å². The Kier molecular flexibility index (Phi) is 4.70. The van der Waals surface area contributed by atoms with Crippen molar-refractivity contribution in [2.45, 2.75) is 6.04 Å². The lowest BCUT2D eigenvalue weighted by Gasteiger charge is -2.18. The Morgan fingerprint density at radius 2 is 1.79 bits per heavy atom. The number of halogens is 2. The monoisotopic (exact) mass is 295 g/mol. The van der Waals surface area contributed by atoms with Crippen molar-refractivity contribution in [1.29, 1.82) is 0 Å². The lowest BCUT2D eigenvalue weighted by molar-refractivity contribution is 0.414. The minimum atomic E-state index is 0.0462. The van der Waals surface area contributed by atoms with Crippen LogP contribution in [-0.4, -0.2) is 14.2 Å². The number of benzene rings is 2. The predicted octanol–water partition coefficient (Wildman–Crippen LogP) is 4.31. The molecular weight excluding hydrogens is 281 g/mol. The van der Waals surface area contributed by atoms with Gasteiger partial charge in [-0.3, -0.25) is 0 Å². The summed E-state index contributed by atoms with van der Waals surface area (Å²) in [5, 5.41) is 4.60. The van der Waals surface area contributed by atoms with Crippen LogP contribution in [0.2, 0.25) is 10.0 Å². The molecule has 0 heterocycles. The molecule has 0 aliphatic heterocycles. The van der Waals surface area contributed by atoms with Crippen LogP contribution in [0, 0.1) is 0 Å². The maximum Gasteiger partial charge on any atom is 0.137 e. The fraction of sp³-hybridized carbons (Fsp3) is 0.200. The highest BCUT2D eigenvalue weighted by Gasteiger charge is 2.14. The Bertz CT molecular complexity index is 572. The van der Waals surface area contributed by atoms with Crippen LogP contribution in [0.3, 0.4) is 0 Å². The van der Waals surface area contributed by atoms with Crippen molar-refractivity contribution >= 4 is 23.2 Å². The molecule has 4 heteroatoms. The highest BCUT2D eigenvalue weighted by Crippen LogP contribution is 2.31. The zero-order chi connectivity index (χ0) is 13.8. The number of methoxy groups -OCH3 is 1. The number of rotatable bonds is 4. The van der Waals surface area contributed by atoms with E-state index < -0.39 is 0 Å². The van der Waals surface area contributed by atoms with E-state index in [1.807, 2.05) is 49.5 Å². The lowest BCUT2D eigenvalue weighted by atomic mass is 9.99. The summed E-state index contributed by atoms with van der Waals surface area (Å²) in [7, 11) is 3.52. The van der Waals surface area contributed by atoms with Crippen LogP contribution in [0.25, 0.3) is 0 Å². The van der Waals surface area contributed by atoms with Crippen LogP contribution in [0.1, 0.15) is 17.2 Å². The van der Waals surface area contributed by atoms with Gasteiger partial charge in [-0.25, -0.2) is 0 Å². The molecule has 0 radical (unpaired) electrons. The number of hydrogen-bond donors (Lipinski definition) is 1. The molecule has 0 fully saturated rings. The summed E-state index contributed by atoms with van der Waals surface area (Å²) < 4.78 is 5.25. The summed E-state index contributed by atoms with van der Waals surface area (Å²) >= 11 is 12.1. The first-order chi connectivity index (χ1) is 9.15. The molecule has 1 unspecified atom stereocenters. The molecule has 0 spiro atoms. The van der Waals surface area contributed by atoms with Gasteiger partial charge in [-0.2, -0.15) is 0 Å². The molecular formula is C15H15Cl2NO. The van der Waals surface area contributed by atoms with Gasteiger partial charge in [0.2, 0.25) is 0 Å². The molecule has 1 atom stereocenters. The maximum absolute atomic E-state index is 6.05. The molecule has 19 heavy (non-hydrogen) atoms. The van der Waals surface area contributed by atoms with Gasteiger partial charge >= 0.3 is 0 Å². The Morgan fingerprint density at radius 1 is 1.05 bits per heavy atom. The second-order valence-electron chi connectivity index (χ2n) is 4.17. The van der Waals surface area contributed by atoms with E-state index in [0.29, 0.717) is 10.8 Å². The molecule has 0 aromatic heterocycles. The summed E-state index contributed by atoms with van der Waals surface area (Å²) in [5.74, 6) is 0.668. The summed E-state index contributed by atoms with van der Waals surface area (Å²) in [6.45, 7) is 0. The summed E-state index contributed by atoms with van der Waals surface area (Å²) in [6, 6.07) is 13.6. The van der Waals surface area contributed by atoms with Gasteiger partial charge in [0.05, 0.1) is 18.2 Å². The molecule has 1 N–H and O–H groups in total. The first kappa shape index (κ1) is 14.2. The van der Waals surface area contributed by atoms with Gasteiger partial charge in [0.15, 0.2) is 0 Å². The molecule has 0 saturated carbocycles. The lowest BCUT2D eigenvalue weighted by Crippen LogP contribution is -2.17. The Morgan fingerprint density at radius 3 is 2.42 bits per heavy atom. The molecule has 2 aromatic rings. The largest absolute Gasteiger partial charge is 0.495 e. The van der Waals surface area contributed by atoms with E-state index in [2.05, 4.69) is 5.32 Å². The van der Waals surface area contributed by atoms with E-state index in [0.717, 1.165) is 16.1 Å². The molecule has 2 rings (SSSR count). The molecule has 2 aromatic carbocycles. The Hall–Kier alpha value is -1.22. The zero-order valence-corrected chi connectivity index (χ0v) is 12.3. The van der Waals surface area contributed by atoms with Crippen LogP contribution in [0.5, 0.6) is 5.75 Å². The van der Waals surface area contributed by atoms with Crippen LogP contribution in [0.15, 0.2) is 42.5 Å². The average molecular weight is 296 g/mol. The van der Waals surface area contributed by atoms with Crippen LogP contribution >= 0.6 is 23.2 Å². The van der Waals surface area contributed by atoms with Crippen molar-refractivity contribution in [3.63, 3.8) is 0 Å². The molecule has 0 aliphatic carbocycles. The maximum atomic E-state index is 6.05. The fourth-order valence-electron chi connectivity index (χ4n) is 2.07. The highest BCUT2D eigenvalue weighted by molar-refractivity contribution is 6.32. The fourth-order valence-corrected chi connectivity index (χ4v) is 2.46. The minimum Gasteiger partial charge on any atom is -0.495 e. The van der Waals surface area contributed by atoms with Crippen molar-refractivity contribution in [3.8, 4) is 5.75 Å². The van der Waals surface area contributed by atoms with Gasteiger partial charge in [-0.1, -0.05) is 41.4 Å². The van der Waals surface area contributed by atoms with Gasteiger partial charge in [0.1, 0.15) is 5.75 Å². The van der Waals surface area contributed by atoms with Gasteiger partial charge in [-0.15, -0.1) is 0 Å². The normalized spacial score (nSPS) is 12.2. The van der Waals surface area contributed by atoms with Crippen LogP contribution < -0.4 is 10.1 Å². The first-order valence-corrected chi connectivity index (χ1v) is 6.67. The van der Waals surface area contributed by atoms with Gasteiger partial charge in [0, 0.05) is 5.02 Å². The minimum absolute atomic E-state index is 0.0462.